The van der Waals surface area contributed by atoms with Crippen molar-refractivity contribution in [2.24, 2.45) is 10.7 Å². The van der Waals surface area contributed by atoms with Crippen LogP contribution in [0.25, 0.3) is 0 Å². The van der Waals surface area contributed by atoms with Crippen LogP contribution in [0.3, 0.4) is 0 Å². The number of benzene rings is 2. The normalized spacial score (nSPS) is 17.9. The number of guanidine groups is 1. The number of phenolic OH excluding ortho intramolecular Hbond substituents is 1. The number of rotatable bonds is 2. The van der Waals surface area contributed by atoms with E-state index in [0.717, 1.165) is 16.8 Å². The van der Waals surface area contributed by atoms with Crippen LogP contribution in [0.4, 0.5) is 10.1 Å². The first kappa shape index (κ1) is 13.4. The Morgan fingerprint density at radius 1 is 1.24 bits per heavy atom. The molecule has 3 N–H and O–H groups in total. The molecule has 1 aliphatic heterocycles. The Morgan fingerprint density at radius 2 is 1.95 bits per heavy atom. The molecule has 0 saturated carbocycles. The molecule has 0 saturated heterocycles. The Kier molecular flexibility index (Phi) is 3.25. The Morgan fingerprint density at radius 3 is 2.62 bits per heavy atom. The highest BCUT2D eigenvalue weighted by atomic mass is 19.1. The topological polar surface area (TPSA) is 61.8 Å². The smallest absolute Gasteiger partial charge is 0.196 e. The summed E-state index contributed by atoms with van der Waals surface area (Å²) in [7, 11) is 0. The van der Waals surface area contributed by atoms with E-state index in [4.69, 9.17) is 5.73 Å². The van der Waals surface area contributed by atoms with E-state index >= 15 is 0 Å². The maximum absolute atomic E-state index is 13.6. The molecule has 5 heteroatoms. The zero-order valence-corrected chi connectivity index (χ0v) is 11.6. The molecule has 21 heavy (non-hydrogen) atoms. The van der Waals surface area contributed by atoms with Crippen LogP contribution in [0.5, 0.6) is 5.75 Å². The first-order valence-electron chi connectivity index (χ1n) is 6.70. The van der Waals surface area contributed by atoms with E-state index in [1.54, 1.807) is 6.07 Å². The van der Waals surface area contributed by atoms with Gasteiger partial charge in [0, 0.05) is 5.69 Å². The van der Waals surface area contributed by atoms with Crippen molar-refractivity contribution in [3.05, 3.63) is 59.4 Å². The number of halogens is 1. The number of hydrogen-bond acceptors (Lipinski definition) is 4. The van der Waals surface area contributed by atoms with Crippen molar-refractivity contribution in [2.75, 3.05) is 11.4 Å². The summed E-state index contributed by atoms with van der Waals surface area (Å²) in [6, 6.07) is 12.1. The molecule has 4 nitrogen and oxygen atoms in total. The van der Waals surface area contributed by atoms with Gasteiger partial charge in [-0.25, -0.2) is 4.39 Å². The summed E-state index contributed by atoms with van der Waals surface area (Å²) < 4.78 is 13.6. The van der Waals surface area contributed by atoms with E-state index in [9.17, 15) is 9.50 Å². The summed E-state index contributed by atoms with van der Waals surface area (Å²) in [4.78, 5) is 6.14. The minimum Gasteiger partial charge on any atom is -0.505 e. The van der Waals surface area contributed by atoms with Crippen LogP contribution in [-0.2, 0) is 0 Å². The first-order valence-corrected chi connectivity index (χ1v) is 6.70. The quantitative estimate of drug-likeness (QED) is 0.892. The van der Waals surface area contributed by atoms with E-state index in [1.807, 2.05) is 36.1 Å². The van der Waals surface area contributed by atoms with Gasteiger partial charge in [-0.15, -0.1) is 0 Å². The average molecular weight is 285 g/mol. The maximum Gasteiger partial charge on any atom is 0.196 e. The van der Waals surface area contributed by atoms with E-state index in [-0.39, 0.29) is 11.8 Å². The molecule has 1 atom stereocenters. The van der Waals surface area contributed by atoms with Crippen LogP contribution in [-0.4, -0.2) is 17.6 Å². The first-order chi connectivity index (χ1) is 10.1. The lowest BCUT2D eigenvalue weighted by atomic mass is 10.0. The SMILES string of the molecule is Cc1ccc(N2C(N)=NCC2c2ccc(O)c(F)c2)cc1. The number of aromatic hydroxyl groups is 1. The standard InChI is InChI=1S/C16H16FN3O/c1-10-2-5-12(6-3-10)20-14(9-19-16(20)18)11-4-7-15(21)13(17)8-11/h2-8,14,21H,9H2,1H3,(H2,18,19). The van der Waals surface area contributed by atoms with E-state index in [0.29, 0.717) is 12.5 Å². The van der Waals surface area contributed by atoms with Gasteiger partial charge in [-0.3, -0.25) is 4.99 Å². The van der Waals surface area contributed by atoms with Crippen LogP contribution in [0.2, 0.25) is 0 Å². The lowest BCUT2D eigenvalue weighted by Gasteiger charge is -2.26. The minimum atomic E-state index is -0.637. The molecule has 3 rings (SSSR count). The summed E-state index contributed by atoms with van der Waals surface area (Å²) in [6.07, 6.45) is 0. The number of anilines is 1. The monoisotopic (exact) mass is 285 g/mol. The highest BCUT2D eigenvalue weighted by molar-refractivity contribution is 5.97. The molecule has 0 bridgehead atoms. The Balaban J connectivity index is 1.98. The maximum atomic E-state index is 13.6. The van der Waals surface area contributed by atoms with Crippen LogP contribution >= 0.6 is 0 Å². The predicted octanol–water partition coefficient (Wildman–Crippen LogP) is 2.72. The van der Waals surface area contributed by atoms with Gasteiger partial charge in [0.25, 0.3) is 0 Å². The van der Waals surface area contributed by atoms with Gasteiger partial charge in [-0.05, 0) is 36.8 Å². The number of nitrogens with zero attached hydrogens (tertiary/aromatic N) is 2. The summed E-state index contributed by atoms with van der Waals surface area (Å²) in [6.45, 7) is 2.47. The van der Waals surface area contributed by atoms with Crippen molar-refractivity contribution in [1.82, 2.24) is 0 Å². The molecular weight excluding hydrogens is 269 g/mol. The molecule has 1 aliphatic rings. The molecular formula is C16H16FN3O. The molecule has 2 aromatic rings. The van der Waals surface area contributed by atoms with Gasteiger partial charge in [0.15, 0.2) is 17.5 Å². The molecule has 1 unspecified atom stereocenters. The zero-order chi connectivity index (χ0) is 15.0. The zero-order valence-electron chi connectivity index (χ0n) is 11.6. The fourth-order valence-electron chi connectivity index (χ4n) is 2.50. The van der Waals surface area contributed by atoms with E-state index < -0.39 is 5.82 Å². The average Bonchev–Trinajstić information content (AvgIpc) is 2.85. The third kappa shape index (κ3) is 2.42. The summed E-state index contributed by atoms with van der Waals surface area (Å²) >= 11 is 0. The summed E-state index contributed by atoms with van der Waals surface area (Å²) in [5.41, 5.74) is 8.78. The van der Waals surface area contributed by atoms with Gasteiger partial charge in [0.1, 0.15) is 0 Å². The fourth-order valence-corrected chi connectivity index (χ4v) is 2.50. The molecule has 0 radical (unpaired) electrons. The van der Waals surface area contributed by atoms with Gasteiger partial charge in [0.2, 0.25) is 0 Å². The van der Waals surface area contributed by atoms with Crippen LogP contribution in [0, 0.1) is 12.7 Å². The molecule has 0 aliphatic carbocycles. The molecule has 0 amide bonds. The molecule has 0 spiro atoms. The van der Waals surface area contributed by atoms with Crippen molar-refractivity contribution in [3.8, 4) is 5.75 Å². The number of nitrogens with two attached hydrogens (primary N) is 1. The van der Waals surface area contributed by atoms with E-state index in [1.165, 1.54) is 12.1 Å². The second kappa shape index (κ2) is 5.09. The predicted molar refractivity (Wildman–Crippen MR) is 81.0 cm³/mol. The van der Waals surface area contributed by atoms with Crippen LogP contribution in [0.15, 0.2) is 47.5 Å². The van der Waals surface area contributed by atoms with Crippen molar-refractivity contribution in [3.63, 3.8) is 0 Å². The van der Waals surface area contributed by atoms with Crippen LogP contribution in [0.1, 0.15) is 17.2 Å². The van der Waals surface area contributed by atoms with Crippen molar-refractivity contribution in [1.29, 1.82) is 0 Å². The van der Waals surface area contributed by atoms with Gasteiger partial charge in [-0.1, -0.05) is 23.8 Å². The number of aryl methyl sites for hydroxylation is 1. The second-order valence-corrected chi connectivity index (χ2v) is 5.13. The van der Waals surface area contributed by atoms with Crippen molar-refractivity contribution in [2.45, 2.75) is 13.0 Å². The van der Waals surface area contributed by atoms with Gasteiger partial charge in [0.05, 0.1) is 12.6 Å². The third-order valence-electron chi connectivity index (χ3n) is 3.65. The lowest BCUT2D eigenvalue weighted by molar-refractivity contribution is 0.431. The van der Waals surface area contributed by atoms with Gasteiger partial charge in [-0.2, -0.15) is 0 Å². The lowest BCUT2D eigenvalue weighted by Crippen LogP contribution is -2.36. The number of hydrogen-bond donors (Lipinski definition) is 2. The fraction of sp³-hybridized carbons (Fsp3) is 0.188. The van der Waals surface area contributed by atoms with Crippen molar-refractivity contribution >= 4 is 11.6 Å². The molecule has 0 fully saturated rings. The number of aliphatic imine (C=N–C) groups is 1. The molecule has 108 valence electrons. The third-order valence-corrected chi connectivity index (χ3v) is 3.65. The second-order valence-electron chi connectivity index (χ2n) is 5.13. The Hall–Kier alpha value is -2.56. The molecule has 2 aromatic carbocycles. The van der Waals surface area contributed by atoms with Crippen molar-refractivity contribution < 1.29 is 9.50 Å². The highest BCUT2D eigenvalue weighted by Crippen LogP contribution is 2.32. The molecule has 0 aromatic heterocycles. The largest absolute Gasteiger partial charge is 0.505 e. The van der Waals surface area contributed by atoms with Gasteiger partial charge >= 0.3 is 0 Å². The Bertz CT molecular complexity index is 697. The highest BCUT2D eigenvalue weighted by Gasteiger charge is 2.29. The number of phenols is 1. The van der Waals surface area contributed by atoms with Gasteiger partial charge < -0.3 is 15.7 Å². The summed E-state index contributed by atoms with van der Waals surface area (Å²) in [5.74, 6) is -0.577. The van der Waals surface area contributed by atoms with E-state index in [2.05, 4.69) is 4.99 Å². The molecule has 1 heterocycles. The van der Waals surface area contributed by atoms with Crippen LogP contribution < -0.4 is 10.6 Å². The summed E-state index contributed by atoms with van der Waals surface area (Å²) in [5, 5.41) is 9.31. The minimum absolute atomic E-state index is 0.164. The Labute approximate surface area is 122 Å².